The van der Waals surface area contributed by atoms with E-state index in [-0.39, 0.29) is 25.7 Å². The van der Waals surface area contributed by atoms with Crippen LogP contribution in [0.3, 0.4) is 0 Å². The number of H-pyrrole nitrogens is 1. The number of aromatic nitrogens is 1. The number of nitrogens with one attached hydrogen (secondary N) is 2. The highest BCUT2D eigenvalue weighted by Crippen LogP contribution is 2.28. The zero-order valence-electron chi connectivity index (χ0n) is 17.1. The molecule has 0 saturated heterocycles. The number of para-hydroxylation sites is 3. The van der Waals surface area contributed by atoms with E-state index in [0.717, 1.165) is 21.8 Å². The van der Waals surface area contributed by atoms with E-state index in [1.807, 2.05) is 48.5 Å². The number of ether oxygens (including phenoxy) is 3. The van der Waals surface area contributed by atoms with Gasteiger partial charge in [-0.15, -0.1) is 0 Å². The van der Waals surface area contributed by atoms with E-state index in [9.17, 15) is 9.90 Å². The van der Waals surface area contributed by atoms with Gasteiger partial charge in [0.15, 0.2) is 18.1 Å². The number of aliphatic hydroxyl groups is 1. The van der Waals surface area contributed by atoms with Crippen LogP contribution >= 0.6 is 0 Å². The summed E-state index contributed by atoms with van der Waals surface area (Å²) in [6.07, 6.45) is 0. The summed E-state index contributed by atoms with van der Waals surface area (Å²) < 4.78 is 16.6. The Bertz CT molecular complexity index is 1190. The number of amides is 1. The molecule has 0 saturated carbocycles. The largest absolute Gasteiger partial charge is 0.493 e. The summed E-state index contributed by atoms with van der Waals surface area (Å²) in [5, 5.41) is 14.5. The molecule has 4 rings (SSSR count). The van der Waals surface area contributed by atoms with Crippen LogP contribution in [-0.4, -0.2) is 49.0 Å². The number of aliphatic hydroxyl groups excluding tert-OH is 1. The van der Waals surface area contributed by atoms with Crippen molar-refractivity contribution in [2.45, 2.75) is 6.04 Å². The minimum absolute atomic E-state index is 0.101. The van der Waals surface area contributed by atoms with Gasteiger partial charge < -0.3 is 29.6 Å². The van der Waals surface area contributed by atoms with Crippen molar-refractivity contribution >= 4 is 27.7 Å². The van der Waals surface area contributed by atoms with E-state index in [1.54, 1.807) is 19.2 Å². The highest BCUT2D eigenvalue weighted by atomic mass is 16.5. The molecule has 4 aromatic rings. The summed E-state index contributed by atoms with van der Waals surface area (Å²) in [5.74, 6) is 1.36. The van der Waals surface area contributed by atoms with Crippen LogP contribution in [0, 0.1) is 0 Å². The maximum absolute atomic E-state index is 12.3. The Kier molecular flexibility index (Phi) is 6.24. The first kappa shape index (κ1) is 20.6. The predicted octanol–water partition coefficient (Wildman–Crippen LogP) is 3.26. The Labute approximate surface area is 179 Å². The number of hydrogen-bond acceptors (Lipinski definition) is 5. The molecule has 0 aliphatic rings. The van der Waals surface area contributed by atoms with Crippen molar-refractivity contribution < 1.29 is 24.1 Å². The number of rotatable bonds is 9. The second-order valence-corrected chi connectivity index (χ2v) is 7.08. The molecule has 0 aliphatic carbocycles. The number of fused-ring (bicyclic) bond motifs is 3. The van der Waals surface area contributed by atoms with Gasteiger partial charge in [-0.25, -0.2) is 0 Å². The van der Waals surface area contributed by atoms with E-state index in [0.29, 0.717) is 17.2 Å². The second-order valence-electron chi connectivity index (χ2n) is 7.08. The first-order chi connectivity index (χ1) is 15.2. The molecule has 0 aliphatic heterocycles. The number of hydrogen-bond donors (Lipinski definition) is 3. The van der Waals surface area contributed by atoms with Gasteiger partial charge in [-0.3, -0.25) is 4.79 Å². The Morgan fingerprint density at radius 2 is 1.71 bits per heavy atom. The molecule has 1 aromatic heterocycles. The van der Waals surface area contributed by atoms with Crippen LogP contribution in [0.5, 0.6) is 17.2 Å². The first-order valence-corrected chi connectivity index (χ1v) is 9.97. The fourth-order valence-corrected chi connectivity index (χ4v) is 3.41. The van der Waals surface area contributed by atoms with Gasteiger partial charge in [0.1, 0.15) is 12.4 Å². The van der Waals surface area contributed by atoms with Crippen LogP contribution in [-0.2, 0) is 4.79 Å². The summed E-state index contributed by atoms with van der Waals surface area (Å²) in [5.41, 5.74) is 1.99. The summed E-state index contributed by atoms with van der Waals surface area (Å²) >= 11 is 0. The van der Waals surface area contributed by atoms with E-state index < -0.39 is 6.04 Å². The van der Waals surface area contributed by atoms with E-state index in [4.69, 9.17) is 14.2 Å². The van der Waals surface area contributed by atoms with Gasteiger partial charge >= 0.3 is 0 Å². The third kappa shape index (κ3) is 4.73. The Morgan fingerprint density at radius 1 is 0.968 bits per heavy atom. The summed E-state index contributed by atoms with van der Waals surface area (Å²) in [7, 11) is 1.55. The van der Waals surface area contributed by atoms with Crippen molar-refractivity contribution in [1.29, 1.82) is 0 Å². The number of methoxy groups -OCH3 is 1. The maximum Gasteiger partial charge on any atom is 0.258 e. The van der Waals surface area contributed by atoms with Gasteiger partial charge in [0.05, 0.1) is 25.3 Å². The quantitative estimate of drug-likeness (QED) is 0.387. The van der Waals surface area contributed by atoms with Crippen molar-refractivity contribution in [3.63, 3.8) is 0 Å². The van der Waals surface area contributed by atoms with E-state index in [2.05, 4.69) is 16.4 Å². The Balaban J connectivity index is 1.33. The topological polar surface area (TPSA) is 92.8 Å². The number of carbonyl (C=O) groups excluding carboxylic acids is 1. The molecule has 1 heterocycles. The summed E-state index contributed by atoms with van der Waals surface area (Å²) in [6, 6.07) is 20.4. The van der Waals surface area contributed by atoms with E-state index >= 15 is 0 Å². The smallest absolute Gasteiger partial charge is 0.258 e. The van der Waals surface area contributed by atoms with Crippen molar-refractivity contribution in [3.8, 4) is 17.2 Å². The molecule has 0 fully saturated rings. The number of carbonyl (C=O) groups is 1. The molecule has 3 N–H and O–H groups in total. The maximum atomic E-state index is 12.3. The zero-order chi connectivity index (χ0) is 21.6. The van der Waals surface area contributed by atoms with Crippen LogP contribution in [0.4, 0.5) is 0 Å². The highest BCUT2D eigenvalue weighted by Gasteiger charge is 2.14. The summed E-state index contributed by atoms with van der Waals surface area (Å²) in [4.78, 5) is 15.6. The molecule has 31 heavy (non-hydrogen) atoms. The molecule has 1 atom stereocenters. The van der Waals surface area contributed by atoms with Crippen molar-refractivity contribution in [2.24, 2.45) is 0 Å². The first-order valence-electron chi connectivity index (χ1n) is 9.97. The molecule has 0 bridgehead atoms. The molecular weight excluding hydrogens is 396 g/mol. The second kappa shape index (κ2) is 9.40. The lowest BCUT2D eigenvalue weighted by molar-refractivity contribution is -0.124. The predicted molar refractivity (Wildman–Crippen MR) is 119 cm³/mol. The van der Waals surface area contributed by atoms with E-state index in [1.165, 1.54) is 0 Å². The molecule has 7 heteroatoms. The van der Waals surface area contributed by atoms with Crippen LogP contribution in [0.1, 0.15) is 0 Å². The lowest BCUT2D eigenvalue weighted by Crippen LogP contribution is -2.43. The third-order valence-corrected chi connectivity index (χ3v) is 4.94. The fourth-order valence-electron chi connectivity index (χ4n) is 3.41. The SMILES string of the molecule is COc1ccccc1OCC(CO)NC(=O)COc1ccc2c(c1)[nH]c1ccccc12. The molecule has 1 amide bonds. The molecule has 160 valence electrons. The monoisotopic (exact) mass is 420 g/mol. The lowest BCUT2D eigenvalue weighted by atomic mass is 10.1. The molecule has 0 spiro atoms. The van der Waals surface area contributed by atoms with Gasteiger partial charge in [0.2, 0.25) is 0 Å². The average molecular weight is 420 g/mol. The zero-order valence-corrected chi connectivity index (χ0v) is 17.1. The minimum atomic E-state index is -0.572. The Hall–Kier alpha value is -3.71. The summed E-state index contributed by atoms with van der Waals surface area (Å²) in [6.45, 7) is -0.331. The van der Waals surface area contributed by atoms with Gasteiger partial charge in [-0.1, -0.05) is 30.3 Å². The van der Waals surface area contributed by atoms with Gasteiger partial charge in [0, 0.05) is 22.4 Å². The number of benzene rings is 3. The van der Waals surface area contributed by atoms with Crippen molar-refractivity contribution in [3.05, 3.63) is 66.7 Å². The highest BCUT2D eigenvalue weighted by molar-refractivity contribution is 6.07. The van der Waals surface area contributed by atoms with Gasteiger partial charge in [-0.05, 0) is 30.3 Å². The average Bonchev–Trinajstić information content (AvgIpc) is 3.18. The fraction of sp³-hybridized carbons (Fsp3) is 0.208. The van der Waals surface area contributed by atoms with Crippen molar-refractivity contribution in [1.82, 2.24) is 10.3 Å². The molecule has 0 radical (unpaired) electrons. The Morgan fingerprint density at radius 3 is 2.52 bits per heavy atom. The lowest BCUT2D eigenvalue weighted by Gasteiger charge is -2.18. The normalized spacial score (nSPS) is 11.9. The van der Waals surface area contributed by atoms with Crippen LogP contribution in [0.25, 0.3) is 21.8 Å². The van der Waals surface area contributed by atoms with Crippen LogP contribution in [0.15, 0.2) is 66.7 Å². The molecule has 3 aromatic carbocycles. The van der Waals surface area contributed by atoms with Crippen LogP contribution in [0.2, 0.25) is 0 Å². The molecule has 7 nitrogen and oxygen atoms in total. The molecule has 1 unspecified atom stereocenters. The standard InChI is InChI=1S/C24H24N2O5/c1-29-22-8-4-5-9-23(22)31-14-16(13-27)25-24(28)15-30-17-10-11-19-18-6-2-3-7-20(18)26-21(19)12-17/h2-12,16,26-27H,13-15H2,1H3,(H,25,28). The van der Waals surface area contributed by atoms with Crippen LogP contribution < -0.4 is 19.5 Å². The van der Waals surface area contributed by atoms with Gasteiger partial charge in [0.25, 0.3) is 5.91 Å². The molecular formula is C24H24N2O5. The number of aromatic amines is 1. The minimum Gasteiger partial charge on any atom is -0.493 e. The van der Waals surface area contributed by atoms with Gasteiger partial charge in [-0.2, -0.15) is 0 Å². The van der Waals surface area contributed by atoms with Crippen molar-refractivity contribution in [2.75, 3.05) is 26.9 Å². The third-order valence-electron chi connectivity index (χ3n) is 4.94.